The molecule has 3 rings (SSSR count). The minimum Gasteiger partial charge on any atom is -0.349 e. The number of carbonyl (C=O) groups is 3. The number of nitrogens with one attached hydrogen (secondary N) is 1. The summed E-state index contributed by atoms with van der Waals surface area (Å²) >= 11 is 1.44. The fraction of sp³-hybridized carbons (Fsp3) is 0.200. The van der Waals surface area contributed by atoms with E-state index in [2.05, 4.69) is 10.3 Å². The van der Waals surface area contributed by atoms with Crippen molar-refractivity contribution in [1.82, 2.24) is 15.2 Å². The van der Waals surface area contributed by atoms with E-state index in [1.807, 2.05) is 6.92 Å². The van der Waals surface area contributed by atoms with Gasteiger partial charge in [0.15, 0.2) is 0 Å². The van der Waals surface area contributed by atoms with Gasteiger partial charge in [0, 0.05) is 11.4 Å². The molecule has 25 heavy (non-hydrogen) atoms. The first-order valence-corrected chi connectivity index (χ1v) is 8.07. The predicted molar refractivity (Wildman–Crippen MR) is 87.2 cm³/mol. The largest absolute Gasteiger partial charge is 0.349 e. The van der Waals surface area contributed by atoms with Gasteiger partial charge >= 0.3 is 0 Å². The van der Waals surface area contributed by atoms with Crippen molar-refractivity contribution in [3.63, 3.8) is 0 Å². The average Bonchev–Trinajstić information content (AvgIpc) is 3.10. The van der Waals surface area contributed by atoms with Gasteiger partial charge in [-0.3, -0.25) is 29.4 Å². The van der Waals surface area contributed by atoms with Crippen molar-refractivity contribution in [1.29, 1.82) is 0 Å². The molecule has 0 unspecified atom stereocenters. The Labute approximate surface area is 145 Å². The molecule has 2 heterocycles. The lowest BCUT2D eigenvalue weighted by atomic mass is 10.1. The van der Waals surface area contributed by atoms with Crippen molar-refractivity contribution in [2.75, 3.05) is 6.54 Å². The molecule has 0 saturated carbocycles. The number of aromatic nitrogens is 1. The van der Waals surface area contributed by atoms with Gasteiger partial charge in [0.1, 0.15) is 12.1 Å². The topological polar surface area (TPSA) is 123 Å². The van der Waals surface area contributed by atoms with Crippen molar-refractivity contribution >= 4 is 34.7 Å². The summed E-state index contributed by atoms with van der Waals surface area (Å²) in [6.45, 7) is 1.50. The lowest BCUT2D eigenvalue weighted by Crippen LogP contribution is -2.40. The number of amides is 3. The monoisotopic (exact) mass is 360 g/mol. The van der Waals surface area contributed by atoms with Gasteiger partial charge in [0.25, 0.3) is 17.5 Å². The zero-order valence-electron chi connectivity index (χ0n) is 13.0. The van der Waals surface area contributed by atoms with Crippen LogP contribution >= 0.6 is 11.3 Å². The number of nitrogens with zero attached hydrogens (tertiary/aromatic N) is 3. The van der Waals surface area contributed by atoms with Crippen LogP contribution in [0.4, 0.5) is 5.69 Å². The Morgan fingerprint density at radius 3 is 2.76 bits per heavy atom. The van der Waals surface area contributed by atoms with Crippen LogP contribution in [0.5, 0.6) is 0 Å². The highest BCUT2D eigenvalue weighted by Crippen LogP contribution is 2.30. The molecule has 1 aliphatic heterocycles. The van der Waals surface area contributed by atoms with Crippen LogP contribution in [0.1, 0.15) is 31.4 Å². The maximum atomic E-state index is 12.4. The molecule has 0 spiro atoms. The van der Waals surface area contributed by atoms with E-state index in [1.165, 1.54) is 23.5 Å². The number of thiazole rings is 1. The Morgan fingerprint density at radius 1 is 1.36 bits per heavy atom. The van der Waals surface area contributed by atoms with Crippen molar-refractivity contribution in [3.05, 3.63) is 55.5 Å². The molecule has 0 aliphatic carbocycles. The molecule has 1 N–H and O–H groups in total. The molecule has 1 aliphatic rings. The second-order valence-corrected chi connectivity index (χ2v) is 6.35. The van der Waals surface area contributed by atoms with E-state index in [-0.39, 0.29) is 17.7 Å². The van der Waals surface area contributed by atoms with E-state index >= 15 is 0 Å². The van der Waals surface area contributed by atoms with Gasteiger partial charge < -0.3 is 5.32 Å². The predicted octanol–water partition coefficient (Wildman–Crippen LogP) is 1.27. The Bertz CT molecular complexity index is 907. The highest BCUT2D eigenvalue weighted by Gasteiger charge is 2.41. The SMILES string of the molecule is Cc1nc(CNC(=O)CN2C(=O)c3cccc([N+](=O)[O-])c3C2=O)cs1. The van der Waals surface area contributed by atoms with Crippen molar-refractivity contribution in [2.24, 2.45) is 0 Å². The molecular weight excluding hydrogens is 348 g/mol. The van der Waals surface area contributed by atoms with Crippen LogP contribution in [0.2, 0.25) is 0 Å². The molecule has 0 saturated heterocycles. The summed E-state index contributed by atoms with van der Waals surface area (Å²) in [5.74, 6) is -2.11. The summed E-state index contributed by atoms with van der Waals surface area (Å²) in [7, 11) is 0. The van der Waals surface area contributed by atoms with Gasteiger partial charge in [-0.2, -0.15) is 0 Å². The first-order chi connectivity index (χ1) is 11.9. The van der Waals surface area contributed by atoms with Crippen LogP contribution in [-0.2, 0) is 11.3 Å². The van der Waals surface area contributed by atoms with E-state index < -0.39 is 34.9 Å². The molecule has 1 aromatic heterocycles. The molecular formula is C15H12N4O5S. The zero-order chi connectivity index (χ0) is 18.1. The van der Waals surface area contributed by atoms with Crippen molar-refractivity contribution in [3.8, 4) is 0 Å². The van der Waals surface area contributed by atoms with Crippen molar-refractivity contribution in [2.45, 2.75) is 13.5 Å². The lowest BCUT2D eigenvalue weighted by Gasteiger charge is -2.13. The number of hydrogen-bond donors (Lipinski definition) is 1. The molecule has 3 amide bonds. The van der Waals surface area contributed by atoms with Crippen LogP contribution in [0.3, 0.4) is 0 Å². The highest BCUT2D eigenvalue weighted by molar-refractivity contribution is 7.09. The van der Waals surface area contributed by atoms with Crippen LogP contribution < -0.4 is 5.32 Å². The summed E-state index contributed by atoms with van der Waals surface area (Å²) in [5, 5.41) is 16.3. The molecule has 0 atom stereocenters. The molecule has 0 bridgehead atoms. The van der Waals surface area contributed by atoms with Gasteiger partial charge in [-0.1, -0.05) is 6.07 Å². The Morgan fingerprint density at radius 2 is 2.12 bits per heavy atom. The van der Waals surface area contributed by atoms with Gasteiger partial charge in [-0.05, 0) is 13.0 Å². The van der Waals surface area contributed by atoms with Gasteiger partial charge in [0.05, 0.1) is 27.7 Å². The fourth-order valence-electron chi connectivity index (χ4n) is 2.49. The standard InChI is InChI=1S/C15H12N4O5S/c1-8-17-9(7-25-8)5-16-12(20)6-18-14(21)10-3-2-4-11(19(23)24)13(10)15(18)22/h2-4,7H,5-6H2,1H3,(H,16,20). The van der Waals surface area contributed by atoms with Crippen LogP contribution in [0.15, 0.2) is 23.6 Å². The fourth-order valence-corrected chi connectivity index (χ4v) is 3.10. The summed E-state index contributed by atoms with van der Waals surface area (Å²) in [6, 6.07) is 3.81. The average molecular weight is 360 g/mol. The van der Waals surface area contributed by atoms with E-state index in [0.29, 0.717) is 10.6 Å². The summed E-state index contributed by atoms with van der Waals surface area (Å²) in [4.78, 5) is 51.9. The number of benzene rings is 1. The normalized spacial score (nSPS) is 13.1. The number of hydrogen-bond acceptors (Lipinski definition) is 7. The van der Waals surface area contributed by atoms with Gasteiger partial charge in [0.2, 0.25) is 5.91 Å². The first kappa shape index (κ1) is 16.7. The molecule has 1 aromatic carbocycles. The number of nitro benzene ring substituents is 1. The lowest BCUT2D eigenvalue weighted by molar-refractivity contribution is -0.385. The van der Waals surface area contributed by atoms with E-state index in [0.717, 1.165) is 11.1 Å². The van der Waals surface area contributed by atoms with Crippen LogP contribution in [-0.4, -0.2) is 39.1 Å². The molecule has 9 nitrogen and oxygen atoms in total. The zero-order valence-corrected chi connectivity index (χ0v) is 13.8. The summed E-state index contributed by atoms with van der Waals surface area (Å²) in [6.07, 6.45) is 0. The third-order valence-electron chi connectivity index (χ3n) is 3.61. The van der Waals surface area contributed by atoms with E-state index in [1.54, 1.807) is 5.38 Å². The second-order valence-electron chi connectivity index (χ2n) is 5.29. The van der Waals surface area contributed by atoms with E-state index in [9.17, 15) is 24.5 Å². The summed E-state index contributed by atoms with van der Waals surface area (Å²) in [5.41, 5.74) is -0.117. The van der Waals surface area contributed by atoms with Gasteiger partial charge in [-0.25, -0.2) is 4.98 Å². The Kier molecular flexibility index (Phi) is 4.28. The molecule has 0 radical (unpaired) electrons. The number of aryl methyl sites for hydroxylation is 1. The Balaban J connectivity index is 1.72. The van der Waals surface area contributed by atoms with Crippen LogP contribution in [0.25, 0.3) is 0 Å². The number of fused-ring (bicyclic) bond motifs is 1. The molecule has 128 valence electrons. The quantitative estimate of drug-likeness (QED) is 0.487. The van der Waals surface area contributed by atoms with Crippen LogP contribution in [0, 0.1) is 17.0 Å². The maximum absolute atomic E-state index is 12.4. The number of imide groups is 1. The molecule has 10 heteroatoms. The van der Waals surface area contributed by atoms with E-state index in [4.69, 9.17) is 0 Å². The number of nitro groups is 1. The minimum atomic E-state index is -0.841. The highest BCUT2D eigenvalue weighted by atomic mass is 32.1. The first-order valence-electron chi connectivity index (χ1n) is 7.19. The summed E-state index contributed by atoms with van der Waals surface area (Å²) < 4.78 is 0. The third-order valence-corrected chi connectivity index (χ3v) is 4.43. The number of carbonyl (C=O) groups excluding carboxylic acids is 3. The smallest absolute Gasteiger partial charge is 0.282 e. The molecule has 2 aromatic rings. The Hall–Kier alpha value is -3.14. The maximum Gasteiger partial charge on any atom is 0.282 e. The second kappa shape index (κ2) is 6.40. The third kappa shape index (κ3) is 3.11. The molecule has 0 fully saturated rings. The minimum absolute atomic E-state index is 0.0675. The van der Waals surface area contributed by atoms with Crippen molar-refractivity contribution < 1.29 is 19.3 Å². The number of rotatable bonds is 5. The van der Waals surface area contributed by atoms with Gasteiger partial charge in [-0.15, -0.1) is 11.3 Å².